The first-order chi connectivity index (χ1) is 16.9. The van der Waals surface area contributed by atoms with Gasteiger partial charge in [-0.25, -0.2) is 8.42 Å². The zero-order valence-corrected chi connectivity index (χ0v) is 22.1. The van der Waals surface area contributed by atoms with E-state index in [0.717, 1.165) is 16.1 Å². The highest BCUT2D eigenvalue weighted by molar-refractivity contribution is 7.92. The molecule has 0 heterocycles. The molecular formula is C28H32N2O5S. The lowest BCUT2D eigenvalue weighted by atomic mass is 9.86. The lowest BCUT2D eigenvalue weighted by Crippen LogP contribution is -2.37. The van der Waals surface area contributed by atoms with Crippen molar-refractivity contribution in [2.75, 3.05) is 29.0 Å². The molecule has 0 bridgehead atoms. The van der Waals surface area contributed by atoms with Gasteiger partial charge in [0.25, 0.3) is 0 Å². The van der Waals surface area contributed by atoms with Crippen LogP contribution >= 0.6 is 0 Å². The van der Waals surface area contributed by atoms with E-state index in [4.69, 9.17) is 4.74 Å². The molecule has 0 radical (unpaired) electrons. The molecule has 0 saturated carbocycles. The van der Waals surface area contributed by atoms with Crippen LogP contribution in [0.2, 0.25) is 0 Å². The molecule has 36 heavy (non-hydrogen) atoms. The molecule has 8 heteroatoms. The Morgan fingerprint density at radius 1 is 0.917 bits per heavy atom. The molecule has 0 aliphatic carbocycles. The second-order valence-corrected chi connectivity index (χ2v) is 11.4. The first kappa shape index (κ1) is 26.9. The van der Waals surface area contributed by atoms with Crippen molar-refractivity contribution in [3.63, 3.8) is 0 Å². The number of carbonyl (C=O) groups is 2. The standard InChI is InChI=1S/C28H32N2O5S/c1-6-35-25-12-8-11-24(18-25)30(36(5,33)34)19-26(31)29-23-10-7-9-21(17-23)27(32)20-13-15-22(16-14-20)28(2,3)4/h7-18H,6,19H2,1-5H3,(H,29,31). The fraction of sp³-hybridized carbons (Fsp3) is 0.286. The Balaban J connectivity index is 1.76. The van der Waals surface area contributed by atoms with Gasteiger partial charge in [0, 0.05) is 22.9 Å². The van der Waals surface area contributed by atoms with Crippen molar-refractivity contribution < 1.29 is 22.7 Å². The second-order valence-electron chi connectivity index (χ2n) is 9.49. The van der Waals surface area contributed by atoms with Gasteiger partial charge in [0.1, 0.15) is 12.3 Å². The van der Waals surface area contributed by atoms with Crippen molar-refractivity contribution in [3.8, 4) is 5.75 Å². The quantitative estimate of drug-likeness (QED) is 0.410. The van der Waals surface area contributed by atoms with Gasteiger partial charge in [0.2, 0.25) is 15.9 Å². The van der Waals surface area contributed by atoms with Crippen molar-refractivity contribution in [2.24, 2.45) is 0 Å². The highest BCUT2D eigenvalue weighted by atomic mass is 32.2. The number of ether oxygens (including phenoxy) is 1. The third-order valence-electron chi connectivity index (χ3n) is 5.53. The minimum Gasteiger partial charge on any atom is -0.494 e. The number of hydrogen-bond donors (Lipinski definition) is 1. The van der Waals surface area contributed by atoms with Crippen LogP contribution in [0, 0.1) is 0 Å². The first-order valence-electron chi connectivity index (χ1n) is 11.6. The van der Waals surface area contributed by atoms with Gasteiger partial charge >= 0.3 is 0 Å². The second kappa shape index (κ2) is 11.0. The third-order valence-corrected chi connectivity index (χ3v) is 6.67. The summed E-state index contributed by atoms with van der Waals surface area (Å²) in [5.41, 5.74) is 2.79. The van der Waals surface area contributed by atoms with Crippen LogP contribution in [0.3, 0.4) is 0 Å². The Bertz CT molecular complexity index is 1340. The zero-order chi connectivity index (χ0) is 26.5. The van der Waals surface area contributed by atoms with Crippen molar-refractivity contribution in [1.82, 2.24) is 0 Å². The largest absolute Gasteiger partial charge is 0.494 e. The molecule has 3 aromatic carbocycles. The molecule has 3 aromatic rings. The SMILES string of the molecule is CCOc1cccc(N(CC(=O)Nc2cccc(C(=O)c3ccc(C(C)(C)C)cc3)c2)S(C)(=O)=O)c1. The molecule has 0 fully saturated rings. The maximum absolute atomic E-state index is 13.0. The number of hydrogen-bond acceptors (Lipinski definition) is 5. The number of nitrogens with one attached hydrogen (secondary N) is 1. The monoisotopic (exact) mass is 508 g/mol. The number of carbonyl (C=O) groups excluding carboxylic acids is 2. The Hall–Kier alpha value is -3.65. The van der Waals surface area contributed by atoms with Crippen molar-refractivity contribution in [3.05, 3.63) is 89.5 Å². The average Bonchev–Trinajstić information content (AvgIpc) is 2.81. The van der Waals surface area contributed by atoms with E-state index in [-0.39, 0.29) is 11.2 Å². The Morgan fingerprint density at radius 3 is 2.19 bits per heavy atom. The number of ketones is 1. The molecule has 0 aromatic heterocycles. The lowest BCUT2D eigenvalue weighted by molar-refractivity contribution is -0.114. The van der Waals surface area contributed by atoms with Crippen molar-refractivity contribution >= 4 is 33.1 Å². The number of rotatable bonds is 9. The fourth-order valence-corrected chi connectivity index (χ4v) is 4.50. The molecule has 1 N–H and O–H groups in total. The summed E-state index contributed by atoms with van der Waals surface area (Å²) in [6.07, 6.45) is 1.04. The van der Waals surface area contributed by atoms with E-state index in [1.807, 2.05) is 19.1 Å². The first-order valence-corrected chi connectivity index (χ1v) is 13.5. The van der Waals surface area contributed by atoms with Gasteiger partial charge in [-0.2, -0.15) is 0 Å². The Morgan fingerprint density at radius 2 is 1.58 bits per heavy atom. The van der Waals surface area contributed by atoms with Crippen LogP contribution in [-0.4, -0.2) is 39.5 Å². The van der Waals surface area contributed by atoms with Gasteiger partial charge in [-0.3, -0.25) is 13.9 Å². The summed E-state index contributed by atoms with van der Waals surface area (Å²) in [5, 5.41) is 2.70. The summed E-state index contributed by atoms with van der Waals surface area (Å²) >= 11 is 0. The molecule has 7 nitrogen and oxygen atoms in total. The average molecular weight is 509 g/mol. The number of nitrogens with zero attached hydrogens (tertiary/aromatic N) is 1. The normalized spacial score (nSPS) is 11.6. The zero-order valence-electron chi connectivity index (χ0n) is 21.2. The minimum atomic E-state index is -3.75. The van der Waals surface area contributed by atoms with Crippen molar-refractivity contribution in [1.29, 1.82) is 0 Å². The molecule has 0 spiro atoms. The molecule has 1 amide bonds. The smallest absolute Gasteiger partial charge is 0.245 e. The van der Waals surface area contributed by atoms with E-state index >= 15 is 0 Å². The van der Waals surface area contributed by atoms with Gasteiger partial charge < -0.3 is 10.1 Å². The number of sulfonamides is 1. The fourth-order valence-electron chi connectivity index (χ4n) is 3.65. The molecule has 0 aliphatic rings. The van der Waals surface area contributed by atoms with E-state index in [1.165, 1.54) is 0 Å². The Labute approximate surface area is 213 Å². The van der Waals surface area contributed by atoms with Crippen LogP contribution in [0.4, 0.5) is 11.4 Å². The minimum absolute atomic E-state index is 0.0179. The van der Waals surface area contributed by atoms with Gasteiger partial charge in [-0.05, 0) is 42.2 Å². The van der Waals surface area contributed by atoms with Gasteiger partial charge in [-0.1, -0.05) is 63.2 Å². The molecule has 0 aliphatic heterocycles. The highest BCUT2D eigenvalue weighted by Crippen LogP contribution is 2.25. The molecule has 0 saturated heterocycles. The highest BCUT2D eigenvalue weighted by Gasteiger charge is 2.22. The summed E-state index contributed by atoms with van der Waals surface area (Å²) < 4.78 is 31.3. The van der Waals surface area contributed by atoms with E-state index in [9.17, 15) is 18.0 Å². The van der Waals surface area contributed by atoms with E-state index < -0.39 is 22.5 Å². The summed E-state index contributed by atoms with van der Waals surface area (Å²) in [5.74, 6) is -0.204. The maximum atomic E-state index is 13.0. The van der Waals surface area contributed by atoms with Gasteiger partial charge in [-0.15, -0.1) is 0 Å². The molecule has 3 rings (SSSR count). The number of anilines is 2. The van der Waals surface area contributed by atoms with Crippen LogP contribution < -0.4 is 14.4 Å². The predicted octanol–water partition coefficient (Wildman–Crippen LogP) is 5.02. The summed E-state index contributed by atoms with van der Waals surface area (Å²) in [7, 11) is -3.75. The van der Waals surface area contributed by atoms with Crippen LogP contribution in [0.15, 0.2) is 72.8 Å². The predicted molar refractivity (Wildman–Crippen MR) is 143 cm³/mol. The summed E-state index contributed by atoms with van der Waals surface area (Å²) in [4.78, 5) is 25.8. The van der Waals surface area contributed by atoms with Crippen LogP contribution in [0.1, 0.15) is 49.2 Å². The third kappa shape index (κ3) is 6.95. The molecule has 190 valence electrons. The van der Waals surface area contributed by atoms with E-state index in [2.05, 4.69) is 26.1 Å². The molecule has 0 atom stereocenters. The maximum Gasteiger partial charge on any atom is 0.245 e. The Kier molecular flexibility index (Phi) is 8.20. The lowest BCUT2D eigenvalue weighted by Gasteiger charge is -2.22. The number of benzene rings is 3. The molecular weight excluding hydrogens is 476 g/mol. The van der Waals surface area contributed by atoms with Crippen LogP contribution in [0.25, 0.3) is 0 Å². The number of amides is 1. The summed E-state index contributed by atoms with van der Waals surface area (Å²) in [6.45, 7) is 8.15. The van der Waals surface area contributed by atoms with Gasteiger partial charge in [0.15, 0.2) is 5.78 Å². The van der Waals surface area contributed by atoms with Gasteiger partial charge in [0.05, 0.1) is 18.6 Å². The van der Waals surface area contributed by atoms with Crippen molar-refractivity contribution in [2.45, 2.75) is 33.1 Å². The van der Waals surface area contributed by atoms with Crippen LogP contribution in [-0.2, 0) is 20.2 Å². The van der Waals surface area contributed by atoms with E-state index in [0.29, 0.717) is 34.9 Å². The summed E-state index contributed by atoms with van der Waals surface area (Å²) in [6, 6.07) is 20.6. The van der Waals surface area contributed by atoms with E-state index in [1.54, 1.807) is 60.7 Å². The topological polar surface area (TPSA) is 92.8 Å². The molecule has 0 unspecified atom stereocenters. The van der Waals surface area contributed by atoms with Crippen LogP contribution in [0.5, 0.6) is 5.75 Å².